The Kier molecular flexibility index (Phi) is 6.47. The number of methoxy groups -OCH3 is 1. The Morgan fingerprint density at radius 2 is 1.86 bits per heavy atom. The van der Waals surface area contributed by atoms with Crippen LogP contribution in [0.25, 0.3) is 0 Å². The van der Waals surface area contributed by atoms with Gasteiger partial charge in [-0.25, -0.2) is 13.1 Å². The number of carboxylic acids is 1. The molecule has 0 heterocycles. The predicted octanol–water partition coefficient (Wildman–Crippen LogP) is -0.232. The quantitative estimate of drug-likeness (QED) is 0.680. The number of nitrogens with zero attached hydrogens (tertiary/aromatic N) is 1. The largest absolute Gasteiger partial charge is 0.480 e. The lowest BCUT2D eigenvalue weighted by atomic mass is 10.2. The van der Waals surface area contributed by atoms with Crippen LogP contribution in [0, 0.1) is 0 Å². The second-order valence-corrected chi connectivity index (χ2v) is 6.23. The van der Waals surface area contributed by atoms with E-state index < -0.39 is 28.4 Å². The molecule has 0 aromatic heterocycles. The van der Waals surface area contributed by atoms with E-state index in [9.17, 15) is 18.0 Å². The second-order valence-electron chi connectivity index (χ2n) is 4.35. The molecule has 0 saturated heterocycles. The highest BCUT2D eigenvalue weighted by molar-refractivity contribution is 7.89. The van der Waals surface area contributed by atoms with Crippen LogP contribution >= 0.6 is 0 Å². The molecule has 8 nitrogen and oxygen atoms in total. The van der Waals surface area contributed by atoms with Gasteiger partial charge >= 0.3 is 5.97 Å². The van der Waals surface area contributed by atoms with Gasteiger partial charge in [0.15, 0.2) is 0 Å². The zero-order chi connectivity index (χ0) is 16.8. The molecule has 0 unspecified atom stereocenters. The van der Waals surface area contributed by atoms with Gasteiger partial charge in [-0.05, 0) is 31.3 Å². The van der Waals surface area contributed by atoms with Crippen molar-refractivity contribution >= 4 is 21.9 Å². The lowest BCUT2D eigenvalue weighted by molar-refractivity contribution is -0.137. The van der Waals surface area contributed by atoms with Gasteiger partial charge in [-0.15, -0.1) is 0 Å². The number of carboxylic acid groups (broad SMARTS) is 1. The highest BCUT2D eigenvalue weighted by Crippen LogP contribution is 2.12. The highest BCUT2D eigenvalue weighted by atomic mass is 32.2. The summed E-state index contributed by atoms with van der Waals surface area (Å²) in [6.07, 6.45) is 0. The van der Waals surface area contributed by atoms with Gasteiger partial charge in [0, 0.05) is 19.2 Å². The number of carbonyl (C=O) groups excluding carboxylic acids is 1. The first-order valence-corrected chi connectivity index (χ1v) is 7.83. The maximum Gasteiger partial charge on any atom is 0.323 e. The van der Waals surface area contributed by atoms with Crippen LogP contribution in [0.5, 0.6) is 0 Å². The molecular weight excluding hydrogens is 312 g/mol. The molecule has 22 heavy (non-hydrogen) atoms. The maximum atomic E-state index is 12.3. The van der Waals surface area contributed by atoms with Crippen LogP contribution in [0.15, 0.2) is 29.2 Å². The van der Waals surface area contributed by atoms with Crippen molar-refractivity contribution in [2.24, 2.45) is 0 Å². The Morgan fingerprint density at radius 1 is 1.27 bits per heavy atom. The molecule has 0 spiro atoms. The fourth-order valence-corrected chi connectivity index (χ4v) is 2.42. The van der Waals surface area contributed by atoms with Gasteiger partial charge in [0.25, 0.3) is 5.91 Å². The van der Waals surface area contributed by atoms with Crippen LogP contribution < -0.4 is 4.72 Å². The van der Waals surface area contributed by atoms with Crippen molar-refractivity contribution in [2.45, 2.75) is 4.90 Å². The van der Waals surface area contributed by atoms with Crippen molar-refractivity contribution in [3.8, 4) is 0 Å². The summed E-state index contributed by atoms with van der Waals surface area (Å²) in [6, 6.07) is 5.26. The fraction of sp³-hybridized carbons (Fsp3) is 0.385. The summed E-state index contributed by atoms with van der Waals surface area (Å²) in [6.45, 7) is -0.137. The average Bonchev–Trinajstić information content (AvgIpc) is 2.50. The third-order valence-electron chi connectivity index (χ3n) is 2.86. The summed E-state index contributed by atoms with van der Waals surface area (Å²) >= 11 is 0. The SMILES string of the molecule is CNS(=O)(=O)c1ccc(C(=O)N(CCOC)CC(=O)O)cc1. The molecule has 1 aromatic carbocycles. The summed E-state index contributed by atoms with van der Waals surface area (Å²) < 4.78 is 30.2. The summed E-state index contributed by atoms with van der Waals surface area (Å²) in [5.74, 6) is -1.65. The van der Waals surface area contributed by atoms with E-state index in [0.717, 1.165) is 4.90 Å². The standard InChI is InChI=1S/C13H18N2O6S/c1-14-22(19,20)11-5-3-10(4-6-11)13(18)15(7-8-21-2)9-12(16)17/h3-6,14H,7-9H2,1-2H3,(H,16,17). The van der Waals surface area contributed by atoms with E-state index in [4.69, 9.17) is 9.84 Å². The van der Waals surface area contributed by atoms with Crippen molar-refractivity contribution in [1.82, 2.24) is 9.62 Å². The fourth-order valence-electron chi connectivity index (χ4n) is 1.69. The minimum atomic E-state index is -3.58. The van der Waals surface area contributed by atoms with Gasteiger partial charge in [-0.2, -0.15) is 0 Å². The summed E-state index contributed by atoms with van der Waals surface area (Å²) in [4.78, 5) is 24.2. The molecule has 0 saturated carbocycles. The minimum absolute atomic E-state index is 0.0215. The molecule has 0 atom stereocenters. The van der Waals surface area contributed by atoms with Gasteiger partial charge in [0.05, 0.1) is 11.5 Å². The lowest BCUT2D eigenvalue weighted by Gasteiger charge is -2.20. The van der Waals surface area contributed by atoms with Crippen molar-refractivity contribution in [3.63, 3.8) is 0 Å². The first-order chi connectivity index (χ1) is 10.3. The topological polar surface area (TPSA) is 113 Å². The third kappa shape index (κ3) is 4.79. The van der Waals surface area contributed by atoms with Crippen molar-refractivity contribution in [1.29, 1.82) is 0 Å². The van der Waals surface area contributed by atoms with E-state index in [2.05, 4.69) is 4.72 Å². The number of ether oxygens (including phenoxy) is 1. The number of hydrogen-bond donors (Lipinski definition) is 2. The minimum Gasteiger partial charge on any atom is -0.480 e. The van der Waals surface area contributed by atoms with Crippen molar-refractivity contribution in [3.05, 3.63) is 29.8 Å². The molecule has 1 aromatic rings. The Hall–Kier alpha value is -1.97. The number of sulfonamides is 1. The Labute approximate surface area is 128 Å². The van der Waals surface area contributed by atoms with Gasteiger partial charge < -0.3 is 14.7 Å². The Balaban J connectivity index is 2.96. The van der Waals surface area contributed by atoms with Crippen LogP contribution in [0.1, 0.15) is 10.4 Å². The first kappa shape index (κ1) is 18.1. The van der Waals surface area contributed by atoms with Gasteiger partial charge in [-0.1, -0.05) is 0 Å². The summed E-state index contributed by atoms with van der Waals surface area (Å²) in [5, 5.41) is 8.84. The van der Waals surface area contributed by atoms with E-state index in [1.54, 1.807) is 0 Å². The van der Waals surface area contributed by atoms with E-state index in [-0.39, 0.29) is 23.6 Å². The molecule has 0 bridgehead atoms. The Bertz CT molecular complexity index is 626. The van der Waals surface area contributed by atoms with Crippen LogP contribution in [0.3, 0.4) is 0 Å². The monoisotopic (exact) mass is 330 g/mol. The number of nitrogens with one attached hydrogen (secondary N) is 1. The maximum absolute atomic E-state index is 12.3. The smallest absolute Gasteiger partial charge is 0.323 e. The lowest BCUT2D eigenvalue weighted by Crippen LogP contribution is -2.38. The molecule has 122 valence electrons. The zero-order valence-electron chi connectivity index (χ0n) is 12.3. The molecule has 1 amide bonds. The molecule has 2 N–H and O–H groups in total. The number of amides is 1. The predicted molar refractivity (Wildman–Crippen MR) is 78.1 cm³/mol. The van der Waals surface area contributed by atoms with Crippen LogP contribution in [0.4, 0.5) is 0 Å². The van der Waals surface area contributed by atoms with E-state index in [1.165, 1.54) is 38.4 Å². The number of hydrogen-bond acceptors (Lipinski definition) is 5. The summed E-state index contributed by atoms with van der Waals surface area (Å²) in [5.41, 5.74) is 0.201. The molecule has 0 aliphatic heterocycles. The zero-order valence-corrected chi connectivity index (χ0v) is 13.1. The molecular formula is C13H18N2O6S. The Morgan fingerprint density at radius 3 is 2.32 bits per heavy atom. The molecule has 9 heteroatoms. The normalized spacial score (nSPS) is 11.2. The molecule has 0 radical (unpaired) electrons. The van der Waals surface area contributed by atoms with Gasteiger partial charge in [0.2, 0.25) is 10.0 Å². The number of benzene rings is 1. The van der Waals surface area contributed by atoms with E-state index in [1.807, 2.05) is 0 Å². The third-order valence-corrected chi connectivity index (χ3v) is 4.29. The van der Waals surface area contributed by atoms with Crippen LogP contribution in [-0.2, 0) is 19.6 Å². The van der Waals surface area contributed by atoms with Crippen LogP contribution in [0.2, 0.25) is 0 Å². The summed E-state index contributed by atoms with van der Waals surface area (Å²) in [7, 11) is -0.852. The second kappa shape index (κ2) is 7.87. The van der Waals surface area contributed by atoms with Gasteiger partial charge in [0.1, 0.15) is 6.54 Å². The van der Waals surface area contributed by atoms with Crippen LogP contribution in [-0.4, -0.2) is 64.2 Å². The van der Waals surface area contributed by atoms with Crippen molar-refractivity contribution < 1.29 is 27.9 Å². The molecule has 0 aliphatic rings. The molecule has 1 rings (SSSR count). The van der Waals surface area contributed by atoms with E-state index >= 15 is 0 Å². The number of carbonyl (C=O) groups is 2. The van der Waals surface area contributed by atoms with Gasteiger partial charge in [-0.3, -0.25) is 9.59 Å². The van der Waals surface area contributed by atoms with Crippen molar-refractivity contribution in [2.75, 3.05) is 33.9 Å². The highest BCUT2D eigenvalue weighted by Gasteiger charge is 2.19. The number of aliphatic carboxylic acids is 1. The van der Waals surface area contributed by atoms with E-state index in [0.29, 0.717) is 0 Å². The average molecular weight is 330 g/mol. The first-order valence-electron chi connectivity index (χ1n) is 6.35. The number of rotatable bonds is 8. The molecule has 0 aliphatic carbocycles. The molecule has 0 fully saturated rings.